The third-order valence-corrected chi connectivity index (χ3v) is 4.94. The highest BCUT2D eigenvalue weighted by Crippen LogP contribution is 2.17. The van der Waals surface area contributed by atoms with Crippen LogP contribution in [0.1, 0.15) is 52.9 Å². The van der Waals surface area contributed by atoms with E-state index in [1.165, 1.54) is 4.31 Å². The summed E-state index contributed by atoms with van der Waals surface area (Å²) in [7, 11) is -3.45. The van der Waals surface area contributed by atoms with Gasteiger partial charge in [0.2, 0.25) is 0 Å². The largest absolute Gasteiger partial charge is 0.389 e. The molecule has 1 rings (SSSR count). The van der Waals surface area contributed by atoms with Crippen molar-refractivity contribution in [3.8, 4) is 0 Å². The van der Waals surface area contributed by atoms with Gasteiger partial charge in [-0.1, -0.05) is 26.7 Å². The van der Waals surface area contributed by atoms with E-state index in [2.05, 4.69) is 4.72 Å². The zero-order valence-corrected chi connectivity index (χ0v) is 13.2. The fourth-order valence-corrected chi connectivity index (χ4v) is 3.99. The number of rotatable bonds is 6. The molecule has 1 unspecified atom stereocenters. The van der Waals surface area contributed by atoms with Crippen molar-refractivity contribution in [3.63, 3.8) is 0 Å². The van der Waals surface area contributed by atoms with Crippen molar-refractivity contribution in [3.05, 3.63) is 0 Å². The molecule has 0 amide bonds. The topological polar surface area (TPSA) is 69.6 Å². The first-order valence-electron chi connectivity index (χ1n) is 7.20. The molecule has 0 aliphatic carbocycles. The number of nitrogens with zero attached hydrogens (tertiary/aromatic N) is 1. The van der Waals surface area contributed by atoms with Crippen molar-refractivity contribution in [1.29, 1.82) is 0 Å². The maximum absolute atomic E-state index is 12.2. The first-order valence-corrected chi connectivity index (χ1v) is 8.64. The summed E-state index contributed by atoms with van der Waals surface area (Å²) in [5.41, 5.74) is -0.993. The second-order valence-corrected chi connectivity index (χ2v) is 7.99. The zero-order valence-electron chi connectivity index (χ0n) is 12.4. The number of nitrogens with one attached hydrogen (secondary N) is 1. The third kappa shape index (κ3) is 6.21. The Kier molecular flexibility index (Phi) is 6.23. The van der Waals surface area contributed by atoms with Gasteiger partial charge in [0.15, 0.2) is 0 Å². The molecule has 1 heterocycles. The highest BCUT2D eigenvalue weighted by atomic mass is 32.2. The van der Waals surface area contributed by atoms with Crippen LogP contribution >= 0.6 is 0 Å². The van der Waals surface area contributed by atoms with Crippen LogP contribution in [0.15, 0.2) is 0 Å². The summed E-state index contributed by atoms with van der Waals surface area (Å²) in [5.74, 6) is 0.331. The molecule has 0 spiro atoms. The summed E-state index contributed by atoms with van der Waals surface area (Å²) in [6.07, 6.45) is 4.61. The first-order chi connectivity index (χ1) is 8.73. The molecule has 6 heteroatoms. The van der Waals surface area contributed by atoms with E-state index in [1.54, 1.807) is 6.92 Å². The minimum absolute atomic E-state index is 0.0734. The standard InChI is InChI=1S/C13H28N2O3S/c1-12(2)10-13(3,16)11-14-19(17,18)15-8-6-4-5-7-9-15/h12,14,16H,4-11H2,1-3H3. The zero-order chi connectivity index (χ0) is 14.5. The molecule has 0 bridgehead atoms. The predicted octanol–water partition coefficient (Wildman–Crippen LogP) is 1.49. The number of aliphatic hydroxyl groups is 1. The van der Waals surface area contributed by atoms with Crippen molar-refractivity contribution in [2.24, 2.45) is 5.92 Å². The van der Waals surface area contributed by atoms with Gasteiger partial charge in [-0.15, -0.1) is 0 Å². The summed E-state index contributed by atoms with van der Waals surface area (Å²) in [6.45, 7) is 6.95. The Hall–Kier alpha value is -0.170. The van der Waals surface area contributed by atoms with Gasteiger partial charge in [0, 0.05) is 19.6 Å². The monoisotopic (exact) mass is 292 g/mol. The highest BCUT2D eigenvalue weighted by molar-refractivity contribution is 7.87. The molecule has 0 saturated carbocycles. The SMILES string of the molecule is CC(C)CC(C)(O)CNS(=O)(=O)N1CCCCCC1. The average Bonchev–Trinajstić information content (AvgIpc) is 2.54. The van der Waals surface area contributed by atoms with Gasteiger partial charge < -0.3 is 5.11 Å². The van der Waals surface area contributed by atoms with Gasteiger partial charge in [0.05, 0.1) is 5.60 Å². The van der Waals surface area contributed by atoms with Crippen LogP contribution in [-0.2, 0) is 10.2 Å². The molecule has 19 heavy (non-hydrogen) atoms. The second kappa shape index (κ2) is 7.02. The van der Waals surface area contributed by atoms with Crippen molar-refractivity contribution >= 4 is 10.2 Å². The van der Waals surface area contributed by atoms with E-state index in [1.807, 2.05) is 13.8 Å². The maximum atomic E-state index is 12.2. The van der Waals surface area contributed by atoms with E-state index in [9.17, 15) is 13.5 Å². The van der Waals surface area contributed by atoms with Crippen LogP contribution in [0.3, 0.4) is 0 Å². The predicted molar refractivity (Wildman–Crippen MR) is 77.0 cm³/mol. The van der Waals surface area contributed by atoms with Crippen LogP contribution in [0.25, 0.3) is 0 Å². The van der Waals surface area contributed by atoms with Gasteiger partial charge in [-0.3, -0.25) is 0 Å². The van der Waals surface area contributed by atoms with E-state index in [4.69, 9.17) is 0 Å². The summed E-state index contributed by atoms with van der Waals surface area (Å²) in [5, 5.41) is 10.2. The lowest BCUT2D eigenvalue weighted by molar-refractivity contribution is 0.0433. The van der Waals surface area contributed by atoms with Crippen molar-refractivity contribution in [1.82, 2.24) is 9.03 Å². The molecule has 1 aliphatic heterocycles. The number of hydrogen-bond acceptors (Lipinski definition) is 3. The van der Waals surface area contributed by atoms with Gasteiger partial charge in [0.25, 0.3) is 10.2 Å². The lowest BCUT2D eigenvalue weighted by Gasteiger charge is -2.27. The molecule has 1 saturated heterocycles. The molecule has 0 aromatic rings. The Bertz CT molecular complexity index is 358. The fourth-order valence-electron chi connectivity index (χ4n) is 2.57. The lowest BCUT2D eigenvalue weighted by Crippen LogP contribution is -2.47. The van der Waals surface area contributed by atoms with E-state index in [0.717, 1.165) is 25.7 Å². The fraction of sp³-hybridized carbons (Fsp3) is 1.00. The lowest BCUT2D eigenvalue weighted by atomic mass is 9.95. The molecule has 0 aromatic carbocycles. The molecule has 2 N–H and O–H groups in total. The van der Waals surface area contributed by atoms with Crippen molar-refractivity contribution in [2.45, 2.75) is 58.5 Å². The van der Waals surface area contributed by atoms with Gasteiger partial charge in [-0.05, 0) is 32.1 Å². The Balaban J connectivity index is 2.54. The minimum atomic E-state index is -3.45. The Morgan fingerprint density at radius 3 is 2.21 bits per heavy atom. The highest BCUT2D eigenvalue weighted by Gasteiger charge is 2.28. The van der Waals surface area contributed by atoms with Crippen LogP contribution < -0.4 is 4.72 Å². The maximum Gasteiger partial charge on any atom is 0.279 e. The quantitative estimate of drug-likeness (QED) is 0.779. The van der Waals surface area contributed by atoms with Crippen LogP contribution in [0.2, 0.25) is 0 Å². The van der Waals surface area contributed by atoms with Crippen LogP contribution in [0, 0.1) is 5.92 Å². The molecular weight excluding hydrogens is 264 g/mol. The summed E-state index contributed by atoms with van der Waals surface area (Å²) in [6, 6.07) is 0. The van der Waals surface area contributed by atoms with E-state index < -0.39 is 15.8 Å². The average molecular weight is 292 g/mol. The van der Waals surface area contributed by atoms with Crippen molar-refractivity contribution in [2.75, 3.05) is 19.6 Å². The van der Waals surface area contributed by atoms with E-state index in [0.29, 0.717) is 25.4 Å². The van der Waals surface area contributed by atoms with E-state index >= 15 is 0 Å². The molecular formula is C13H28N2O3S. The van der Waals surface area contributed by atoms with Gasteiger partial charge >= 0.3 is 0 Å². The van der Waals surface area contributed by atoms with Crippen LogP contribution in [0.4, 0.5) is 0 Å². The molecule has 0 radical (unpaired) electrons. The summed E-state index contributed by atoms with van der Waals surface area (Å²) < 4.78 is 28.4. The second-order valence-electron chi connectivity index (χ2n) is 6.23. The summed E-state index contributed by atoms with van der Waals surface area (Å²) in [4.78, 5) is 0. The first kappa shape index (κ1) is 16.9. The van der Waals surface area contributed by atoms with Crippen molar-refractivity contribution < 1.29 is 13.5 Å². The molecule has 1 aliphatic rings. The molecule has 114 valence electrons. The molecule has 1 fully saturated rings. The molecule has 5 nitrogen and oxygen atoms in total. The van der Waals surface area contributed by atoms with Gasteiger partial charge in [-0.2, -0.15) is 17.4 Å². The molecule has 1 atom stereocenters. The van der Waals surface area contributed by atoms with Crippen LogP contribution in [0.5, 0.6) is 0 Å². The van der Waals surface area contributed by atoms with Gasteiger partial charge in [-0.25, -0.2) is 0 Å². The minimum Gasteiger partial charge on any atom is -0.389 e. The molecule has 0 aromatic heterocycles. The van der Waals surface area contributed by atoms with E-state index in [-0.39, 0.29) is 6.54 Å². The van der Waals surface area contributed by atoms with Crippen LogP contribution in [-0.4, -0.2) is 43.1 Å². The Labute approximate surface area is 117 Å². The van der Waals surface area contributed by atoms with Gasteiger partial charge in [0.1, 0.15) is 0 Å². The summed E-state index contributed by atoms with van der Waals surface area (Å²) >= 11 is 0. The smallest absolute Gasteiger partial charge is 0.279 e. The number of hydrogen-bond donors (Lipinski definition) is 2. The third-order valence-electron chi connectivity index (χ3n) is 3.39. The Morgan fingerprint density at radius 1 is 1.21 bits per heavy atom. The Morgan fingerprint density at radius 2 is 1.74 bits per heavy atom. The normalized spacial score (nSPS) is 22.2.